The van der Waals surface area contributed by atoms with Gasteiger partial charge in [-0.05, 0) is 6.92 Å². The first-order valence-corrected chi connectivity index (χ1v) is 6.61. The van der Waals surface area contributed by atoms with Crippen molar-refractivity contribution in [3.63, 3.8) is 0 Å². The average molecular weight is 311 g/mol. The summed E-state index contributed by atoms with van der Waals surface area (Å²) in [4.78, 5) is 12.1. The topological polar surface area (TPSA) is 149 Å². The Morgan fingerprint density at radius 2 is 2.23 bits per heavy atom. The molecule has 0 bridgehead atoms. The molecule has 120 valence electrons. The third kappa shape index (κ3) is 2.00. The molecular formula is C12H17N5O5. The van der Waals surface area contributed by atoms with Gasteiger partial charge in [0.1, 0.15) is 17.8 Å². The summed E-state index contributed by atoms with van der Waals surface area (Å²) in [5, 5.41) is 29.8. The Kier molecular flexibility index (Phi) is 3.40. The van der Waals surface area contributed by atoms with Gasteiger partial charge in [0.05, 0.1) is 20.0 Å². The van der Waals surface area contributed by atoms with Crippen LogP contribution in [0, 0.1) is 0 Å². The third-order valence-corrected chi connectivity index (χ3v) is 3.79. The maximum absolute atomic E-state index is 10.5. The van der Waals surface area contributed by atoms with Crippen LogP contribution >= 0.6 is 0 Å². The molecular weight excluding hydrogens is 294 g/mol. The second-order valence-electron chi connectivity index (χ2n) is 5.30. The second-order valence-corrected chi connectivity index (χ2v) is 5.30. The van der Waals surface area contributed by atoms with E-state index >= 15 is 0 Å². The summed E-state index contributed by atoms with van der Waals surface area (Å²) in [5.41, 5.74) is 4.63. The van der Waals surface area contributed by atoms with Gasteiger partial charge < -0.3 is 30.5 Å². The molecule has 1 fully saturated rings. The van der Waals surface area contributed by atoms with Crippen molar-refractivity contribution >= 4 is 17.1 Å². The van der Waals surface area contributed by atoms with E-state index in [1.807, 2.05) is 0 Å². The van der Waals surface area contributed by atoms with Gasteiger partial charge in [-0.2, -0.15) is 9.97 Å². The monoisotopic (exact) mass is 311 g/mol. The van der Waals surface area contributed by atoms with Crippen LogP contribution in [0.3, 0.4) is 0 Å². The Balaban J connectivity index is 2.13. The van der Waals surface area contributed by atoms with Crippen molar-refractivity contribution in [3.05, 3.63) is 6.33 Å². The van der Waals surface area contributed by atoms with Gasteiger partial charge >= 0.3 is 0 Å². The molecule has 3 heterocycles. The van der Waals surface area contributed by atoms with Crippen LogP contribution < -0.4 is 10.5 Å². The zero-order valence-corrected chi connectivity index (χ0v) is 12.0. The first-order valence-electron chi connectivity index (χ1n) is 6.61. The van der Waals surface area contributed by atoms with E-state index in [1.165, 1.54) is 24.9 Å². The molecule has 0 radical (unpaired) electrons. The maximum Gasteiger partial charge on any atom is 0.246 e. The fourth-order valence-corrected chi connectivity index (χ4v) is 2.61. The van der Waals surface area contributed by atoms with Crippen LogP contribution in [0.15, 0.2) is 6.33 Å². The average Bonchev–Trinajstić information content (AvgIpc) is 2.98. The lowest BCUT2D eigenvalue weighted by Crippen LogP contribution is -2.44. The van der Waals surface area contributed by atoms with E-state index in [0.29, 0.717) is 11.2 Å². The summed E-state index contributed by atoms with van der Waals surface area (Å²) in [7, 11) is 1.42. The molecule has 0 spiro atoms. The van der Waals surface area contributed by atoms with E-state index < -0.39 is 30.6 Å². The lowest BCUT2D eigenvalue weighted by atomic mass is 9.96. The lowest BCUT2D eigenvalue weighted by Gasteiger charge is -2.27. The van der Waals surface area contributed by atoms with Crippen molar-refractivity contribution < 1.29 is 24.8 Å². The lowest BCUT2D eigenvalue weighted by molar-refractivity contribution is -0.0950. The predicted octanol–water partition coefficient (Wildman–Crippen LogP) is -1.58. The van der Waals surface area contributed by atoms with Crippen molar-refractivity contribution in [2.45, 2.75) is 31.0 Å². The van der Waals surface area contributed by atoms with Crippen LogP contribution in [-0.2, 0) is 4.74 Å². The Morgan fingerprint density at radius 3 is 2.82 bits per heavy atom. The van der Waals surface area contributed by atoms with Crippen LogP contribution in [0.2, 0.25) is 0 Å². The number of anilines is 1. The number of ether oxygens (including phenoxy) is 2. The van der Waals surface area contributed by atoms with E-state index in [2.05, 4.69) is 15.0 Å². The highest BCUT2D eigenvalue weighted by molar-refractivity contribution is 5.77. The molecule has 0 saturated carbocycles. The second kappa shape index (κ2) is 5.02. The van der Waals surface area contributed by atoms with Crippen molar-refractivity contribution in [1.29, 1.82) is 0 Å². The molecule has 0 unspecified atom stereocenters. The van der Waals surface area contributed by atoms with Crippen LogP contribution in [0.1, 0.15) is 13.2 Å². The molecule has 10 heteroatoms. The molecule has 2 aromatic rings. The molecule has 0 aromatic carbocycles. The normalized spacial score (nSPS) is 31.8. The number of aliphatic hydroxyl groups is 3. The van der Waals surface area contributed by atoms with Gasteiger partial charge in [-0.3, -0.25) is 4.57 Å². The van der Waals surface area contributed by atoms with Crippen LogP contribution in [-0.4, -0.2) is 66.4 Å². The van der Waals surface area contributed by atoms with Gasteiger partial charge in [-0.15, -0.1) is 0 Å². The fourth-order valence-electron chi connectivity index (χ4n) is 2.61. The molecule has 1 saturated heterocycles. The Bertz CT molecular complexity index is 703. The molecule has 22 heavy (non-hydrogen) atoms. The van der Waals surface area contributed by atoms with Crippen LogP contribution in [0.25, 0.3) is 11.2 Å². The molecule has 0 amide bonds. The molecule has 1 aliphatic heterocycles. The summed E-state index contributed by atoms with van der Waals surface area (Å²) < 4.78 is 12.1. The Labute approximate surface area is 125 Å². The number of nitrogen functional groups attached to an aromatic ring is 1. The predicted molar refractivity (Wildman–Crippen MR) is 73.9 cm³/mol. The molecule has 4 atom stereocenters. The SMILES string of the molecule is COc1nc(N)nc2c1ncn2[C@@H]1O[C@H](CO)[C@H](O)[C@@]1(C)O. The number of nitrogens with two attached hydrogens (primary N) is 1. The number of rotatable bonds is 3. The smallest absolute Gasteiger partial charge is 0.246 e. The number of aliphatic hydroxyl groups excluding tert-OH is 2. The van der Waals surface area contributed by atoms with Gasteiger partial charge in [-0.25, -0.2) is 4.98 Å². The molecule has 5 N–H and O–H groups in total. The van der Waals surface area contributed by atoms with Crippen molar-refractivity contribution in [3.8, 4) is 5.88 Å². The zero-order valence-electron chi connectivity index (χ0n) is 12.0. The van der Waals surface area contributed by atoms with E-state index in [9.17, 15) is 15.3 Å². The van der Waals surface area contributed by atoms with Crippen molar-refractivity contribution in [2.75, 3.05) is 19.5 Å². The summed E-state index contributed by atoms with van der Waals surface area (Å²) in [5.74, 6) is 0.168. The number of nitrogens with zero attached hydrogens (tertiary/aromatic N) is 4. The highest BCUT2D eigenvalue weighted by Crippen LogP contribution is 2.39. The molecule has 2 aromatic heterocycles. The standard InChI is InChI=1S/C12H17N5O5/c1-12(20)7(19)5(3-18)22-10(12)17-4-14-6-8(17)15-11(13)16-9(6)21-2/h4-5,7,10,18-20H,3H2,1-2H3,(H2,13,15,16)/t5-,7+,10-,12-/m1/s1. The zero-order chi connectivity index (χ0) is 16.1. The largest absolute Gasteiger partial charge is 0.479 e. The number of aromatic nitrogens is 4. The van der Waals surface area contributed by atoms with E-state index in [-0.39, 0.29) is 11.8 Å². The first kappa shape index (κ1) is 14.9. The van der Waals surface area contributed by atoms with E-state index in [1.54, 1.807) is 0 Å². The number of imidazole rings is 1. The summed E-state index contributed by atoms with van der Waals surface area (Å²) in [6.07, 6.45) is -1.80. The van der Waals surface area contributed by atoms with Crippen molar-refractivity contribution in [2.24, 2.45) is 0 Å². The van der Waals surface area contributed by atoms with Gasteiger partial charge in [0.15, 0.2) is 17.4 Å². The third-order valence-electron chi connectivity index (χ3n) is 3.79. The van der Waals surface area contributed by atoms with Gasteiger partial charge in [0.2, 0.25) is 11.8 Å². The minimum Gasteiger partial charge on any atom is -0.479 e. The fraction of sp³-hybridized carbons (Fsp3) is 0.583. The van der Waals surface area contributed by atoms with E-state index in [4.69, 9.17) is 15.2 Å². The van der Waals surface area contributed by atoms with Gasteiger partial charge in [0, 0.05) is 0 Å². The van der Waals surface area contributed by atoms with Crippen LogP contribution in [0.5, 0.6) is 5.88 Å². The molecule has 0 aliphatic carbocycles. The quantitative estimate of drug-likeness (QED) is 0.526. The molecule has 3 rings (SSSR count). The van der Waals surface area contributed by atoms with Gasteiger partial charge in [-0.1, -0.05) is 0 Å². The molecule has 1 aliphatic rings. The first-order chi connectivity index (χ1) is 10.4. The maximum atomic E-state index is 10.5. The minimum atomic E-state index is -1.64. The van der Waals surface area contributed by atoms with Gasteiger partial charge in [0.25, 0.3) is 0 Å². The summed E-state index contributed by atoms with van der Waals surface area (Å²) in [6.45, 7) is 0.979. The van der Waals surface area contributed by atoms with Crippen molar-refractivity contribution in [1.82, 2.24) is 19.5 Å². The number of methoxy groups -OCH3 is 1. The van der Waals surface area contributed by atoms with Crippen LogP contribution in [0.4, 0.5) is 5.95 Å². The highest BCUT2D eigenvalue weighted by Gasteiger charge is 2.53. The summed E-state index contributed by atoms with van der Waals surface area (Å²) >= 11 is 0. The van der Waals surface area contributed by atoms with E-state index in [0.717, 1.165) is 0 Å². The number of hydrogen-bond donors (Lipinski definition) is 4. The Morgan fingerprint density at radius 1 is 1.50 bits per heavy atom. The Hall–Kier alpha value is -2.01. The number of hydrogen-bond acceptors (Lipinski definition) is 9. The highest BCUT2D eigenvalue weighted by atomic mass is 16.6. The molecule has 10 nitrogen and oxygen atoms in total. The minimum absolute atomic E-state index is 0.0250. The number of fused-ring (bicyclic) bond motifs is 1. The summed E-state index contributed by atoms with van der Waals surface area (Å²) in [6, 6.07) is 0.